The van der Waals surface area contributed by atoms with Crippen molar-refractivity contribution in [3.05, 3.63) is 35.4 Å². The summed E-state index contributed by atoms with van der Waals surface area (Å²) in [6, 6.07) is 8.42. The summed E-state index contributed by atoms with van der Waals surface area (Å²) in [5.41, 5.74) is 9.06. The predicted molar refractivity (Wildman–Crippen MR) is 98.7 cm³/mol. The highest BCUT2D eigenvalue weighted by Gasteiger charge is 2.34. The number of primary amides is 1. The Morgan fingerprint density at radius 1 is 1.16 bits per heavy atom. The number of nitrogens with two attached hydrogens (primary N) is 1. The van der Waals surface area contributed by atoms with Gasteiger partial charge in [0.1, 0.15) is 17.1 Å². The quantitative estimate of drug-likeness (QED) is 0.801. The van der Waals surface area contributed by atoms with Crippen molar-refractivity contribution in [3.63, 3.8) is 0 Å². The van der Waals surface area contributed by atoms with Crippen molar-refractivity contribution in [2.75, 3.05) is 25.0 Å². The summed E-state index contributed by atoms with van der Waals surface area (Å²) in [5.74, 6) is 0.960. The molecule has 2 aromatic rings. The minimum atomic E-state index is -0.421. The molecule has 0 aliphatic carbocycles. The smallest absolute Gasteiger partial charge is 0.254 e. The lowest BCUT2D eigenvalue weighted by molar-refractivity contribution is 0.100. The summed E-state index contributed by atoms with van der Waals surface area (Å²) in [7, 11) is 0. The molecule has 4 rings (SSSR count). The van der Waals surface area contributed by atoms with Gasteiger partial charge < -0.3 is 16.4 Å². The average Bonchev–Trinajstić information content (AvgIpc) is 3.02. The molecule has 1 fully saturated rings. The molecule has 2 aliphatic heterocycles. The first-order valence-corrected chi connectivity index (χ1v) is 9.09. The molecule has 6 nitrogen and oxygen atoms in total. The first-order valence-electron chi connectivity index (χ1n) is 9.09. The standard InChI is InChI=1S/C19H25N5O/c1-12-2-4-14(5-3-12)17-16(18(20)25)19-22-11-8-15(24(19)23-17)13-6-9-21-10-7-13/h2-5,13,15,21-22H,6-11H2,1H3,(H2,20,25)/t15-/m0/s1. The van der Waals surface area contributed by atoms with E-state index in [9.17, 15) is 4.79 Å². The second-order valence-electron chi connectivity index (χ2n) is 7.12. The molecule has 132 valence electrons. The fraction of sp³-hybridized carbons (Fsp3) is 0.474. The van der Waals surface area contributed by atoms with Gasteiger partial charge in [-0.15, -0.1) is 0 Å². The molecule has 25 heavy (non-hydrogen) atoms. The van der Waals surface area contributed by atoms with Gasteiger partial charge in [0, 0.05) is 12.1 Å². The average molecular weight is 339 g/mol. The van der Waals surface area contributed by atoms with Gasteiger partial charge in [-0.3, -0.25) is 4.79 Å². The summed E-state index contributed by atoms with van der Waals surface area (Å²) in [4.78, 5) is 12.2. The van der Waals surface area contributed by atoms with Gasteiger partial charge in [-0.25, -0.2) is 4.68 Å². The fourth-order valence-electron chi connectivity index (χ4n) is 4.12. The van der Waals surface area contributed by atoms with Gasteiger partial charge in [-0.05, 0) is 45.2 Å². The number of benzene rings is 1. The molecule has 1 atom stereocenters. The second kappa shape index (κ2) is 6.52. The number of anilines is 1. The Balaban J connectivity index is 1.80. The zero-order valence-electron chi connectivity index (χ0n) is 14.6. The lowest BCUT2D eigenvalue weighted by atomic mass is 9.87. The Hall–Kier alpha value is -2.34. The highest BCUT2D eigenvalue weighted by molar-refractivity contribution is 6.03. The van der Waals surface area contributed by atoms with Crippen LogP contribution in [0.15, 0.2) is 24.3 Å². The molecule has 0 radical (unpaired) electrons. The number of nitrogens with zero attached hydrogens (tertiary/aromatic N) is 2. The molecule has 0 unspecified atom stereocenters. The van der Waals surface area contributed by atoms with Gasteiger partial charge in [0.15, 0.2) is 0 Å². The number of fused-ring (bicyclic) bond motifs is 1. The van der Waals surface area contributed by atoms with Crippen molar-refractivity contribution in [3.8, 4) is 11.3 Å². The number of hydrogen-bond donors (Lipinski definition) is 3. The number of aryl methyl sites for hydroxylation is 1. The molecule has 2 aliphatic rings. The molecule has 6 heteroatoms. The van der Waals surface area contributed by atoms with Crippen LogP contribution in [0, 0.1) is 12.8 Å². The normalized spacial score (nSPS) is 20.8. The van der Waals surface area contributed by atoms with Crippen LogP contribution in [0.25, 0.3) is 11.3 Å². The minimum Gasteiger partial charge on any atom is -0.370 e. The summed E-state index contributed by atoms with van der Waals surface area (Å²) in [5, 5.41) is 11.7. The zero-order chi connectivity index (χ0) is 17.4. The van der Waals surface area contributed by atoms with E-state index in [1.807, 2.05) is 35.9 Å². The van der Waals surface area contributed by atoms with Crippen LogP contribution in [0.3, 0.4) is 0 Å². The van der Waals surface area contributed by atoms with E-state index in [1.54, 1.807) is 0 Å². The van der Waals surface area contributed by atoms with Crippen LogP contribution in [-0.4, -0.2) is 35.3 Å². The summed E-state index contributed by atoms with van der Waals surface area (Å²) < 4.78 is 2.04. The Morgan fingerprint density at radius 2 is 1.88 bits per heavy atom. The summed E-state index contributed by atoms with van der Waals surface area (Å²) >= 11 is 0. The molecule has 1 aromatic heterocycles. The van der Waals surface area contributed by atoms with Crippen LogP contribution >= 0.6 is 0 Å². The maximum absolute atomic E-state index is 12.2. The first-order chi connectivity index (χ1) is 12.1. The maximum atomic E-state index is 12.2. The maximum Gasteiger partial charge on any atom is 0.254 e. The first kappa shape index (κ1) is 16.1. The fourth-order valence-corrected chi connectivity index (χ4v) is 4.12. The molecule has 1 amide bonds. The van der Waals surface area contributed by atoms with Crippen LogP contribution in [0.5, 0.6) is 0 Å². The van der Waals surface area contributed by atoms with E-state index in [1.165, 1.54) is 5.56 Å². The van der Waals surface area contributed by atoms with Gasteiger partial charge in [-0.2, -0.15) is 5.10 Å². The monoisotopic (exact) mass is 339 g/mol. The van der Waals surface area contributed by atoms with Gasteiger partial charge >= 0.3 is 0 Å². The Labute approximate surface area is 147 Å². The van der Waals surface area contributed by atoms with E-state index >= 15 is 0 Å². The number of nitrogens with one attached hydrogen (secondary N) is 2. The van der Waals surface area contributed by atoms with Gasteiger partial charge in [0.2, 0.25) is 0 Å². The SMILES string of the molecule is Cc1ccc(-c2nn3c(c2C(N)=O)NCC[C@H]3C2CCNCC2)cc1. The van der Waals surface area contributed by atoms with Crippen molar-refractivity contribution in [1.29, 1.82) is 0 Å². The molecule has 0 saturated carbocycles. The molecule has 4 N–H and O–H groups in total. The van der Waals surface area contributed by atoms with Gasteiger partial charge in [0.25, 0.3) is 5.91 Å². The lowest BCUT2D eigenvalue weighted by Crippen LogP contribution is -2.36. The Bertz CT molecular complexity index is 774. The van der Waals surface area contributed by atoms with E-state index < -0.39 is 5.91 Å². The number of carbonyl (C=O) groups is 1. The van der Waals surface area contributed by atoms with Crippen molar-refractivity contribution in [1.82, 2.24) is 15.1 Å². The van der Waals surface area contributed by atoms with Crippen LogP contribution in [0.2, 0.25) is 0 Å². The van der Waals surface area contributed by atoms with E-state index in [-0.39, 0.29) is 0 Å². The van der Waals surface area contributed by atoms with Gasteiger partial charge in [-0.1, -0.05) is 29.8 Å². The van der Waals surface area contributed by atoms with E-state index in [4.69, 9.17) is 10.8 Å². The summed E-state index contributed by atoms with van der Waals surface area (Å²) in [6.07, 6.45) is 3.33. The highest BCUT2D eigenvalue weighted by Crippen LogP contribution is 2.39. The van der Waals surface area contributed by atoms with Crippen LogP contribution in [-0.2, 0) is 0 Å². The largest absolute Gasteiger partial charge is 0.370 e. The number of carbonyl (C=O) groups excluding carboxylic acids is 1. The van der Waals surface area contributed by atoms with Crippen molar-refractivity contribution >= 4 is 11.7 Å². The van der Waals surface area contributed by atoms with Crippen molar-refractivity contribution in [2.24, 2.45) is 11.7 Å². The Morgan fingerprint density at radius 3 is 2.56 bits per heavy atom. The molecule has 3 heterocycles. The predicted octanol–water partition coefficient (Wildman–Crippen LogP) is 2.31. The van der Waals surface area contributed by atoms with Crippen LogP contribution in [0.4, 0.5) is 5.82 Å². The van der Waals surface area contributed by atoms with Crippen molar-refractivity contribution < 1.29 is 4.79 Å². The van der Waals surface area contributed by atoms with E-state index in [0.717, 1.165) is 50.3 Å². The third-order valence-corrected chi connectivity index (χ3v) is 5.46. The third kappa shape index (κ3) is 2.91. The van der Waals surface area contributed by atoms with Crippen molar-refractivity contribution in [2.45, 2.75) is 32.2 Å². The molecular formula is C19H25N5O. The number of rotatable bonds is 3. The minimum absolute atomic E-state index is 0.329. The van der Waals surface area contributed by atoms with E-state index in [2.05, 4.69) is 10.6 Å². The number of hydrogen-bond acceptors (Lipinski definition) is 4. The van der Waals surface area contributed by atoms with Gasteiger partial charge in [0.05, 0.1) is 6.04 Å². The zero-order valence-corrected chi connectivity index (χ0v) is 14.6. The summed E-state index contributed by atoms with van der Waals surface area (Å²) in [6.45, 7) is 5.01. The topological polar surface area (TPSA) is 85.0 Å². The third-order valence-electron chi connectivity index (χ3n) is 5.46. The lowest BCUT2D eigenvalue weighted by Gasteiger charge is -2.34. The van der Waals surface area contributed by atoms with Crippen LogP contribution < -0.4 is 16.4 Å². The number of aromatic nitrogens is 2. The Kier molecular flexibility index (Phi) is 4.21. The molecule has 0 spiro atoms. The highest BCUT2D eigenvalue weighted by atomic mass is 16.1. The molecule has 0 bridgehead atoms. The molecular weight excluding hydrogens is 314 g/mol. The van der Waals surface area contributed by atoms with E-state index in [0.29, 0.717) is 23.2 Å². The second-order valence-corrected chi connectivity index (χ2v) is 7.12. The number of amides is 1. The number of piperidine rings is 1. The van der Waals surface area contributed by atoms with Crippen LogP contribution in [0.1, 0.15) is 41.2 Å². The molecule has 1 saturated heterocycles. The molecule has 1 aromatic carbocycles.